The third-order valence-electron chi connectivity index (χ3n) is 4.52. The van der Waals surface area contributed by atoms with Crippen molar-refractivity contribution in [2.75, 3.05) is 0 Å². The topological polar surface area (TPSA) is 27.8 Å². The van der Waals surface area contributed by atoms with Crippen LogP contribution < -0.4 is 5.32 Å². The van der Waals surface area contributed by atoms with Gasteiger partial charge >= 0.3 is 0 Å². The Bertz CT molecular complexity index is 665. The van der Waals surface area contributed by atoms with Gasteiger partial charge in [0.1, 0.15) is 0 Å². The van der Waals surface area contributed by atoms with E-state index in [9.17, 15) is 0 Å². The third-order valence-corrected chi connectivity index (χ3v) is 4.85. The molecule has 0 saturated heterocycles. The molecule has 1 saturated carbocycles. The molecule has 1 aromatic carbocycles. The first-order valence-electron chi connectivity index (χ1n) is 7.78. The molecule has 0 unspecified atom stereocenters. The van der Waals surface area contributed by atoms with Crippen molar-refractivity contribution in [3.05, 3.63) is 46.8 Å². The molecular formula is C18H23ClN2. The Balaban J connectivity index is 1.75. The van der Waals surface area contributed by atoms with Crippen LogP contribution in [-0.2, 0) is 6.54 Å². The van der Waals surface area contributed by atoms with E-state index >= 15 is 0 Å². The number of benzene rings is 1. The lowest BCUT2D eigenvalue weighted by Crippen LogP contribution is -2.24. The maximum Gasteiger partial charge on any atom is 0.0548 e. The molecule has 0 radical (unpaired) electrons. The van der Waals surface area contributed by atoms with Gasteiger partial charge in [-0.2, -0.15) is 0 Å². The molecule has 21 heavy (non-hydrogen) atoms. The van der Waals surface area contributed by atoms with Crippen molar-refractivity contribution in [2.24, 2.45) is 5.92 Å². The second-order valence-electron chi connectivity index (χ2n) is 6.42. The van der Waals surface area contributed by atoms with Crippen LogP contribution >= 0.6 is 11.6 Å². The predicted octanol–water partition coefficient (Wildman–Crippen LogP) is 5.35. The molecule has 0 spiro atoms. The smallest absolute Gasteiger partial charge is 0.0548 e. The Morgan fingerprint density at radius 3 is 2.76 bits per heavy atom. The number of aromatic amines is 1. The predicted molar refractivity (Wildman–Crippen MR) is 90.7 cm³/mol. The number of nitrogens with one attached hydrogen (secondary N) is 2. The van der Waals surface area contributed by atoms with Crippen LogP contribution in [0.2, 0.25) is 5.02 Å². The fraction of sp³-hybridized carbons (Fsp3) is 0.444. The molecule has 2 N–H and O–H groups in total. The summed E-state index contributed by atoms with van der Waals surface area (Å²) in [7, 11) is 0. The minimum atomic E-state index is 0.435. The van der Waals surface area contributed by atoms with Crippen LogP contribution in [0.5, 0.6) is 0 Å². The van der Waals surface area contributed by atoms with E-state index < -0.39 is 0 Å². The van der Waals surface area contributed by atoms with Crippen molar-refractivity contribution in [1.29, 1.82) is 0 Å². The van der Waals surface area contributed by atoms with Gasteiger partial charge in [-0.05, 0) is 48.4 Å². The van der Waals surface area contributed by atoms with Crippen LogP contribution in [0.1, 0.15) is 50.3 Å². The van der Waals surface area contributed by atoms with Crippen LogP contribution in [0, 0.1) is 5.92 Å². The molecule has 1 fully saturated rings. The highest BCUT2D eigenvalue weighted by Gasteiger charge is 2.20. The van der Waals surface area contributed by atoms with Crippen LogP contribution in [0.4, 0.5) is 0 Å². The normalized spacial score (nSPS) is 15.4. The van der Waals surface area contributed by atoms with Gasteiger partial charge in [-0.25, -0.2) is 0 Å². The van der Waals surface area contributed by atoms with Crippen molar-refractivity contribution in [2.45, 2.75) is 45.6 Å². The van der Waals surface area contributed by atoms with Gasteiger partial charge in [-0.3, -0.25) is 0 Å². The maximum absolute atomic E-state index is 6.36. The van der Waals surface area contributed by atoms with Gasteiger partial charge < -0.3 is 10.3 Å². The zero-order chi connectivity index (χ0) is 15.0. The first kappa shape index (κ1) is 14.5. The monoisotopic (exact) mass is 302 g/mol. The number of fused-ring (bicyclic) bond motifs is 1. The summed E-state index contributed by atoms with van der Waals surface area (Å²) in [5.74, 6) is 1.11. The molecule has 0 amide bonds. The summed E-state index contributed by atoms with van der Waals surface area (Å²) in [6.45, 7) is 9.29. The summed E-state index contributed by atoms with van der Waals surface area (Å²) in [5, 5.41) is 5.49. The van der Waals surface area contributed by atoms with Gasteiger partial charge in [-0.1, -0.05) is 38.4 Å². The number of rotatable bonds is 5. The van der Waals surface area contributed by atoms with Crippen LogP contribution in [0.3, 0.4) is 0 Å². The maximum atomic E-state index is 6.36. The minimum absolute atomic E-state index is 0.435. The molecule has 1 aromatic heterocycles. The number of H-pyrrole nitrogens is 1. The molecule has 112 valence electrons. The van der Waals surface area contributed by atoms with Crippen LogP contribution in [-0.4, -0.2) is 4.98 Å². The summed E-state index contributed by atoms with van der Waals surface area (Å²) in [4.78, 5) is 3.49. The van der Waals surface area contributed by atoms with Gasteiger partial charge in [-0.15, -0.1) is 0 Å². The van der Waals surface area contributed by atoms with Gasteiger partial charge in [0.2, 0.25) is 0 Å². The molecule has 0 aliphatic heterocycles. The molecule has 1 aliphatic carbocycles. The van der Waals surface area contributed by atoms with E-state index in [0.29, 0.717) is 11.8 Å². The largest absolute Gasteiger partial charge is 0.383 e. The Kier molecular flexibility index (Phi) is 3.99. The zero-order valence-electron chi connectivity index (χ0n) is 12.8. The minimum Gasteiger partial charge on any atom is -0.383 e. The highest BCUT2D eigenvalue weighted by molar-refractivity contribution is 6.32. The Morgan fingerprint density at radius 2 is 2.14 bits per heavy atom. The lowest BCUT2D eigenvalue weighted by molar-refractivity contribution is 0.350. The van der Waals surface area contributed by atoms with E-state index in [2.05, 4.69) is 48.9 Å². The number of halogens is 1. The van der Waals surface area contributed by atoms with Gasteiger partial charge in [0, 0.05) is 27.3 Å². The SMILES string of the molecule is C=C(NCc1cc2cc(Cl)c(C(C)C)cc2[nH]1)C1CCC1. The summed E-state index contributed by atoms with van der Waals surface area (Å²) >= 11 is 6.36. The van der Waals surface area contributed by atoms with Crippen molar-refractivity contribution in [3.63, 3.8) is 0 Å². The van der Waals surface area contributed by atoms with Crippen LogP contribution in [0.25, 0.3) is 10.9 Å². The molecule has 1 heterocycles. The summed E-state index contributed by atoms with van der Waals surface area (Å²) in [6.07, 6.45) is 3.91. The molecule has 0 bridgehead atoms. The third kappa shape index (κ3) is 2.96. The molecule has 0 atom stereocenters. The summed E-state index contributed by atoms with van der Waals surface area (Å²) in [5.41, 5.74) is 4.72. The average Bonchev–Trinajstić information content (AvgIpc) is 2.74. The van der Waals surface area contributed by atoms with Crippen LogP contribution in [0.15, 0.2) is 30.5 Å². The number of hydrogen-bond acceptors (Lipinski definition) is 1. The fourth-order valence-electron chi connectivity index (χ4n) is 2.88. The van der Waals surface area contributed by atoms with Crippen molar-refractivity contribution in [1.82, 2.24) is 10.3 Å². The Hall–Kier alpha value is -1.41. The average molecular weight is 303 g/mol. The molecule has 3 rings (SSSR count). The van der Waals surface area contributed by atoms with Crippen molar-refractivity contribution in [3.8, 4) is 0 Å². The second-order valence-corrected chi connectivity index (χ2v) is 6.82. The van der Waals surface area contributed by atoms with Crippen molar-refractivity contribution >= 4 is 22.5 Å². The quantitative estimate of drug-likeness (QED) is 0.765. The Labute approximate surface area is 131 Å². The summed E-state index contributed by atoms with van der Waals surface area (Å²) < 4.78 is 0. The molecule has 2 nitrogen and oxygen atoms in total. The van der Waals surface area contributed by atoms with E-state index in [-0.39, 0.29) is 0 Å². The standard InChI is InChI=1S/C18H23ClN2/c1-11(2)16-9-18-14(8-17(16)19)7-15(21-18)10-20-12(3)13-5-4-6-13/h7-9,11,13,20-21H,3-6,10H2,1-2H3. The number of hydrogen-bond donors (Lipinski definition) is 2. The van der Waals surface area contributed by atoms with Gasteiger partial charge in [0.05, 0.1) is 6.54 Å². The van der Waals surface area contributed by atoms with E-state index in [1.54, 1.807) is 0 Å². The number of aromatic nitrogens is 1. The lowest BCUT2D eigenvalue weighted by Gasteiger charge is -2.28. The van der Waals surface area contributed by atoms with Crippen molar-refractivity contribution < 1.29 is 0 Å². The first-order chi connectivity index (χ1) is 10.0. The summed E-state index contributed by atoms with van der Waals surface area (Å²) in [6, 6.07) is 6.41. The van der Waals surface area contributed by atoms with E-state index in [1.165, 1.54) is 41.6 Å². The molecule has 3 heteroatoms. The van der Waals surface area contributed by atoms with E-state index in [1.807, 2.05) is 0 Å². The molecule has 2 aromatic rings. The highest BCUT2D eigenvalue weighted by Crippen LogP contribution is 2.32. The van der Waals surface area contributed by atoms with Gasteiger partial charge in [0.15, 0.2) is 0 Å². The van der Waals surface area contributed by atoms with E-state index in [0.717, 1.165) is 17.1 Å². The lowest BCUT2D eigenvalue weighted by atomic mass is 9.83. The fourth-order valence-corrected chi connectivity index (χ4v) is 3.27. The first-order valence-corrected chi connectivity index (χ1v) is 8.16. The zero-order valence-corrected chi connectivity index (χ0v) is 13.6. The number of allylic oxidation sites excluding steroid dienone is 1. The van der Waals surface area contributed by atoms with E-state index in [4.69, 9.17) is 11.6 Å². The second kappa shape index (κ2) is 5.76. The Morgan fingerprint density at radius 1 is 1.38 bits per heavy atom. The highest BCUT2D eigenvalue weighted by atomic mass is 35.5. The molecule has 1 aliphatic rings. The van der Waals surface area contributed by atoms with Gasteiger partial charge in [0.25, 0.3) is 0 Å². The molecular weight excluding hydrogens is 280 g/mol.